The van der Waals surface area contributed by atoms with Crippen LogP contribution >= 0.6 is 0 Å². The summed E-state index contributed by atoms with van der Waals surface area (Å²) in [5.74, 6) is 3.18. The molecule has 1 aliphatic carbocycles. The van der Waals surface area contributed by atoms with E-state index in [2.05, 4.69) is 12.2 Å². The van der Waals surface area contributed by atoms with Crippen LogP contribution in [-0.2, 0) is 6.54 Å². The van der Waals surface area contributed by atoms with Crippen LogP contribution in [0.1, 0.15) is 31.7 Å². The van der Waals surface area contributed by atoms with E-state index in [0.29, 0.717) is 6.04 Å². The second-order valence-electron chi connectivity index (χ2n) is 5.51. The topological polar surface area (TPSA) is 39.7 Å². The molecule has 20 heavy (non-hydrogen) atoms. The highest BCUT2D eigenvalue weighted by Gasteiger charge is 2.22. The van der Waals surface area contributed by atoms with Crippen LogP contribution in [0.5, 0.6) is 17.2 Å². The molecular weight excluding hydrogens is 254 g/mol. The molecule has 2 rings (SSSR count). The SMILES string of the molecule is COc1cc(OC)c(CNC2CCC(C)C2)c(OC)c1. The van der Waals surface area contributed by atoms with Gasteiger partial charge in [0.05, 0.1) is 26.9 Å². The molecule has 0 aromatic heterocycles. The van der Waals surface area contributed by atoms with Crippen molar-refractivity contribution in [1.82, 2.24) is 5.32 Å². The zero-order valence-electron chi connectivity index (χ0n) is 12.9. The molecule has 0 bridgehead atoms. The van der Waals surface area contributed by atoms with Crippen LogP contribution in [0.3, 0.4) is 0 Å². The van der Waals surface area contributed by atoms with Crippen LogP contribution in [0.4, 0.5) is 0 Å². The van der Waals surface area contributed by atoms with E-state index in [9.17, 15) is 0 Å². The van der Waals surface area contributed by atoms with Gasteiger partial charge in [-0.05, 0) is 25.2 Å². The van der Waals surface area contributed by atoms with Crippen molar-refractivity contribution in [2.45, 2.75) is 38.8 Å². The van der Waals surface area contributed by atoms with Crippen LogP contribution in [0, 0.1) is 5.92 Å². The molecule has 0 saturated heterocycles. The van der Waals surface area contributed by atoms with Crippen molar-refractivity contribution in [2.75, 3.05) is 21.3 Å². The van der Waals surface area contributed by atoms with Crippen molar-refractivity contribution in [3.63, 3.8) is 0 Å². The van der Waals surface area contributed by atoms with Gasteiger partial charge in [-0.15, -0.1) is 0 Å². The molecule has 1 saturated carbocycles. The molecule has 2 unspecified atom stereocenters. The highest BCUT2D eigenvalue weighted by Crippen LogP contribution is 2.34. The molecule has 4 heteroatoms. The number of rotatable bonds is 6. The van der Waals surface area contributed by atoms with Gasteiger partial charge in [-0.1, -0.05) is 6.92 Å². The Morgan fingerprint density at radius 3 is 2.15 bits per heavy atom. The van der Waals surface area contributed by atoms with Gasteiger partial charge in [-0.25, -0.2) is 0 Å². The number of ether oxygens (including phenoxy) is 3. The summed E-state index contributed by atoms with van der Waals surface area (Å²) >= 11 is 0. The van der Waals surface area contributed by atoms with Crippen LogP contribution in [-0.4, -0.2) is 27.4 Å². The average Bonchev–Trinajstić information content (AvgIpc) is 2.89. The minimum atomic E-state index is 0.599. The average molecular weight is 279 g/mol. The summed E-state index contributed by atoms with van der Waals surface area (Å²) in [5, 5.41) is 3.61. The van der Waals surface area contributed by atoms with E-state index in [0.717, 1.165) is 35.3 Å². The molecule has 4 nitrogen and oxygen atoms in total. The zero-order chi connectivity index (χ0) is 14.5. The number of methoxy groups -OCH3 is 3. The smallest absolute Gasteiger partial charge is 0.130 e. The first kappa shape index (κ1) is 15.0. The van der Waals surface area contributed by atoms with E-state index in [4.69, 9.17) is 14.2 Å². The largest absolute Gasteiger partial charge is 0.496 e. The third-order valence-corrected chi connectivity index (χ3v) is 4.08. The third kappa shape index (κ3) is 3.37. The molecule has 1 aromatic carbocycles. The third-order valence-electron chi connectivity index (χ3n) is 4.08. The summed E-state index contributed by atoms with van der Waals surface area (Å²) in [6.45, 7) is 3.07. The van der Waals surface area contributed by atoms with Gasteiger partial charge in [0.2, 0.25) is 0 Å². The van der Waals surface area contributed by atoms with Crippen LogP contribution in [0.2, 0.25) is 0 Å². The molecular formula is C16H25NO3. The molecule has 0 heterocycles. The van der Waals surface area contributed by atoms with Crippen LogP contribution in [0.25, 0.3) is 0 Å². The molecule has 0 amide bonds. The summed E-state index contributed by atoms with van der Waals surface area (Å²) in [6.07, 6.45) is 3.82. The van der Waals surface area contributed by atoms with E-state index in [-0.39, 0.29) is 0 Å². The fraction of sp³-hybridized carbons (Fsp3) is 0.625. The van der Waals surface area contributed by atoms with Crippen LogP contribution < -0.4 is 19.5 Å². The lowest BCUT2D eigenvalue weighted by atomic mass is 10.1. The van der Waals surface area contributed by atoms with Gasteiger partial charge in [-0.3, -0.25) is 0 Å². The molecule has 1 fully saturated rings. The lowest BCUT2D eigenvalue weighted by Crippen LogP contribution is -2.26. The second-order valence-corrected chi connectivity index (χ2v) is 5.51. The molecule has 112 valence electrons. The van der Waals surface area contributed by atoms with Crippen molar-refractivity contribution in [3.05, 3.63) is 17.7 Å². The number of benzene rings is 1. The van der Waals surface area contributed by atoms with Crippen molar-refractivity contribution >= 4 is 0 Å². The predicted octanol–water partition coefficient (Wildman–Crippen LogP) is 2.99. The first-order valence-corrected chi connectivity index (χ1v) is 7.20. The Labute approximate surface area is 121 Å². The van der Waals surface area contributed by atoms with Crippen LogP contribution in [0.15, 0.2) is 12.1 Å². The van der Waals surface area contributed by atoms with Gasteiger partial charge >= 0.3 is 0 Å². The fourth-order valence-electron chi connectivity index (χ4n) is 2.89. The summed E-state index contributed by atoms with van der Waals surface area (Å²) in [5.41, 5.74) is 1.05. The molecule has 0 radical (unpaired) electrons. The van der Waals surface area contributed by atoms with Gasteiger partial charge in [0.1, 0.15) is 17.2 Å². The monoisotopic (exact) mass is 279 g/mol. The Kier molecular flexibility index (Phi) is 5.12. The lowest BCUT2D eigenvalue weighted by Gasteiger charge is -2.18. The van der Waals surface area contributed by atoms with Gasteiger partial charge in [-0.2, -0.15) is 0 Å². The highest BCUT2D eigenvalue weighted by molar-refractivity contribution is 5.50. The fourth-order valence-corrected chi connectivity index (χ4v) is 2.89. The van der Waals surface area contributed by atoms with E-state index in [1.54, 1.807) is 21.3 Å². The van der Waals surface area contributed by atoms with E-state index >= 15 is 0 Å². The Bertz CT molecular complexity index is 422. The second kappa shape index (κ2) is 6.84. The summed E-state index contributed by atoms with van der Waals surface area (Å²) in [7, 11) is 5.00. The van der Waals surface area contributed by atoms with Gasteiger partial charge in [0.25, 0.3) is 0 Å². The first-order valence-electron chi connectivity index (χ1n) is 7.20. The standard InChI is InChI=1S/C16H25NO3/c1-11-5-6-12(7-11)17-10-14-15(19-3)8-13(18-2)9-16(14)20-4/h8-9,11-12,17H,5-7,10H2,1-4H3. The number of hydrogen-bond acceptors (Lipinski definition) is 4. The molecule has 0 spiro atoms. The van der Waals surface area contributed by atoms with Gasteiger partial charge in [0.15, 0.2) is 0 Å². The quantitative estimate of drug-likeness (QED) is 0.869. The Hall–Kier alpha value is -1.42. The number of hydrogen-bond donors (Lipinski definition) is 1. The lowest BCUT2D eigenvalue weighted by molar-refractivity contribution is 0.364. The maximum atomic E-state index is 5.47. The maximum Gasteiger partial charge on any atom is 0.130 e. The minimum Gasteiger partial charge on any atom is -0.496 e. The highest BCUT2D eigenvalue weighted by atomic mass is 16.5. The molecule has 0 aliphatic heterocycles. The number of nitrogens with one attached hydrogen (secondary N) is 1. The molecule has 1 aliphatic rings. The molecule has 1 N–H and O–H groups in total. The van der Waals surface area contributed by atoms with Gasteiger partial charge in [0, 0.05) is 24.7 Å². The minimum absolute atomic E-state index is 0.599. The van der Waals surface area contributed by atoms with E-state index < -0.39 is 0 Å². The van der Waals surface area contributed by atoms with Gasteiger partial charge < -0.3 is 19.5 Å². The Balaban J connectivity index is 2.12. The normalized spacial score (nSPS) is 21.8. The zero-order valence-corrected chi connectivity index (χ0v) is 12.9. The Morgan fingerprint density at radius 1 is 1.05 bits per heavy atom. The maximum absolute atomic E-state index is 5.47. The van der Waals surface area contributed by atoms with Crippen molar-refractivity contribution in [1.29, 1.82) is 0 Å². The summed E-state index contributed by atoms with van der Waals surface area (Å²) in [6, 6.07) is 4.40. The molecule has 2 atom stereocenters. The van der Waals surface area contributed by atoms with E-state index in [1.165, 1.54) is 19.3 Å². The molecule has 1 aromatic rings. The predicted molar refractivity (Wildman–Crippen MR) is 79.7 cm³/mol. The summed E-state index contributed by atoms with van der Waals surface area (Å²) in [4.78, 5) is 0. The van der Waals surface area contributed by atoms with Crippen molar-refractivity contribution in [2.24, 2.45) is 5.92 Å². The van der Waals surface area contributed by atoms with E-state index in [1.807, 2.05) is 12.1 Å². The van der Waals surface area contributed by atoms with Crippen molar-refractivity contribution < 1.29 is 14.2 Å². The first-order chi connectivity index (χ1) is 9.67. The summed E-state index contributed by atoms with van der Waals surface area (Å²) < 4.78 is 16.2. The van der Waals surface area contributed by atoms with Crippen molar-refractivity contribution in [3.8, 4) is 17.2 Å². The Morgan fingerprint density at radius 2 is 1.70 bits per heavy atom.